The van der Waals surface area contributed by atoms with Crippen molar-refractivity contribution < 1.29 is 0 Å². The van der Waals surface area contributed by atoms with Gasteiger partial charge in [-0.25, -0.2) is 0 Å². The van der Waals surface area contributed by atoms with Crippen molar-refractivity contribution in [1.82, 2.24) is 0 Å². The molecule has 0 spiro atoms. The molecule has 0 aromatic heterocycles. The summed E-state index contributed by atoms with van der Waals surface area (Å²) in [5.74, 6) is 0. The molecule has 0 fully saturated rings. The van der Waals surface area contributed by atoms with Crippen molar-refractivity contribution in [3.8, 4) is 11.1 Å². The number of nitrogens with zero attached hydrogens (tertiary/aromatic N) is 3. The summed E-state index contributed by atoms with van der Waals surface area (Å²) < 4.78 is 0. The van der Waals surface area contributed by atoms with Gasteiger partial charge in [0, 0.05) is 35.2 Å². The fraction of sp³-hybridized carbons (Fsp3) is 0.0286. The van der Waals surface area contributed by atoms with E-state index in [0.717, 1.165) is 28.4 Å². The van der Waals surface area contributed by atoms with E-state index in [1.165, 1.54) is 21.9 Å². The third-order valence-electron chi connectivity index (χ3n) is 7.04. The SMILES string of the molecule is CN(c1ccc(N(c2cccc(-c3ccccc3)c2)c2cccc3ccccc23)cc1)c1cccc(N=O)c1. The molecule has 39 heavy (non-hydrogen) atoms. The van der Waals surface area contributed by atoms with E-state index >= 15 is 0 Å². The Morgan fingerprint density at radius 1 is 0.513 bits per heavy atom. The molecule has 4 nitrogen and oxygen atoms in total. The zero-order chi connectivity index (χ0) is 26.6. The van der Waals surface area contributed by atoms with Gasteiger partial charge in [-0.1, -0.05) is 84.9 Å². The lowest BCUT2D eigenvalue weighted by molar-refractivity contribution is 1.20. The standard InChI is InChI=1S/C35H27N3O/c1-37(32-16-9-15-29(25-32)36-39)30-20-22-31(23-21-30)38(35-19-8-13-27-12-5-6-18-34(27)35)33-17-7-14-28(24-33)26-10-3-2-4-11-26/h2-25H,1H3. The summed E-state index contributed by atoms with van der Waals surface area (Å²) in [7, 11) is 1.99. The Morgan fingerprint density at radius 3 is 1.97 bits per heavy atom. The van der Waals surface area contributed by atoms with Crippen LogP contribution in [0.25, 0.3) is 21.9 Å². The van der Waals surface area contributed by atoms with Crippen molar-refractivity contribution in [3.05, 3.63) is 150 Å². The predicted octanol–water partition coefficient (Wildman–Crippen LogP) is 10.1. The van der Waals surface area contributed by atoms with E-state index in [-0.39, 0.29) is 0 Å². The average Bonchev–Trinajstić information content (AvgIpc) is 3.02. The monoisotopic (exact) mass is 505 g/mol. The molecule has 0 saturated heterocycles. The minimum atomic E-state index is 0.413. The van der Waals surface area contributed by atoms with Crippen LogP contribution in [0.2, 0.25) is 0 Å². The summed E-state index contributed by atoms with van der Waals surface area (Å²) in [4.78, 5) is 15.4. The van der Waals surface area contributed by atoms with Crippen LogP contribution in [0.1, 0.15) is 0 Å². The first-order valence-electron chi connectivity index (χ1n) is 12.9. The van der Waals surface area contributed by atoms with Crippen molar-refractivity contribution >= 4 is 44.9 Å². The van der Waals surface area contributed by atoms with Crippen LogP contribution < -0.4 is 9.80 Å². The Hall–Kier alpha value is -5.22. The molecule has 6 rings (SSSR count). The molecule has 0 N–H and O–H groups in total. The minimum Gasteiger partial charge on any atom is -0.345 e. The molecule has 0 aliphatic rings. The molecule has 0 atom stereocenters. The Morgan fingerprint density at radius 2 is 1.15 bits per heavy atom. The largest absolute Gasteiger partial charge is 0.345 e. The van der Waals surface area contributed by atoms with Gasteiger partial charge in [0.05, 0.1) is 5.69 Å². The van der Waals surface area contributed by atoms with Gasteiger partial charge in [0.2, 0.25) is 0 Å². The van der Waals surface area contributed by atoms with Crippen molar-refractivity contribution in [2.45, 2.75) is 0 Å². The van der Waals surface area contributed by atoms with E-state index in [9.17, 15) is 4.91 Å². The van der Waals surface area contributed by atoms with Gasteiger partial charge in [0.15, 0.2) is 0 Å². The molecule has 0 unspecified atom stereocenters. The summed E-state index contributed by atoms with van der Waals surface area (Å²) in [5, 5.41) is 5.46. The van der Waals surface area contributed by atoms with Crippen molar-refractivity contribution in [2.75, 3.05) is 16.8 Å². The van der Waals surface area contributed by atoms with E-state index in [1.807, 2.05) is 25.2 Å². The molecule has 4 heteroatoms. The van der Waals surface area contributed by atoms with Crippen LogP contribution in [0.15, 0.2) is 151 Å². The van der Waals surface area contributed by atoms with E-state index in [4.69, 9.17) is 0 Å². The molecule has 188 valence electrons. The number of fused-ring (bicyclic) bond motifs is 1. The Kier molecular flexibility index (Phi) is 6.59. The van der Waals surface area contributed by atoms with Gasteiger partial charge in [0.25, 0.3) is 0 Å². The van der Waals surface area contributed by atoms with Crippen LogP contribution in [0, 0.1) is 4.91 Å². The number of nitroso groups, excluding NO2 is 1. The quantitative estimate of drug-likeness (QED) is 0.203. The lowest BCUT2D eigenvalue weighted by atomic mass is 10.0. The fourth-order valence-electron chi connectivity index (χ4n) is 5.02. The third-order valence-corrected chi connectivity index (χ3v) is 7.04. The number of rotatable bonds is 7. The first-order chi connectivity index (χ1) is 19.2. The van der Waals surface area contributed by atoms with Crippen LogP contribution in [0.5, 0.6) is 0 Å². The summed E-state index contributed by atoms with van der Waals surface area (Å²) in [6.45, 7) is 0. The van der Waals surface area contributed by atoms with Crippen LogP contribution in [0.4, 0.5) is 34.1 Å². The first-order valence-corrected chi connectivity index (χ1v) is 12.9. The zero-order valence-electron chi connectivity index (χ0n) is 21.6. The number of hydrogen-bond donors (Lipinski definition) is 0. The molecule has 0 aliphatic carbocycles. The Bertz CT molecular complexity index is 1740. The van der Waals surface area contributed by atoms with Crippen LogP contribution in [0.3, 0.4) is 0 Å². The number of hydrogen-bond acceptors (Lipinski definition) is 4. The number of anilines is 5. The molecule has 0 saturated carbocycles. The average molecular weight is 506 g/mol. The maximum Gasteiger partial charge on any atom is 0.110 e. The summed E-state index contributed by atoms with van der Waals surface area (Å²) >= 11 is 0. The van der Waals surface area contributed by atoms with Gasteiger partial charge < -0.3 is 9.80 Å². The predicted molar refractivity (Wildman–Crippen MR) is 164 cm³/mol. The lowest BCUT2D eigenvalue weighted by Crippen LogP contribution is -2.12. The highest BCUT2D eigenvalue weighted by atomic mass is 16.3. The highest BCUT2D eigenvalue weighted by molar-refractivity contribution is 5.99. The number of benzene rings is 6. The highest BCUT2D eigenvalue weighted by Crippen LogP contribution is 2.41. The molecular weight excluding hydrogens is 478 g/mol. The van der Waals surface area contributed by atoms with Crippen molar-refractivity contribution in [3.63, 3.8) is 0 Å². The van der Waals surface area contributed by atoms with Crippen molar-refractivity contribution in [1.29, 1.82) is 0 Å². The van der Waals surface area contributed by atoms with Crippen molar-refractivity contribution in [2.24, 2.45) is 5.18 Å². The van der Waals surface area contributed by atoms with Gasteiger partial charge in [-0.2, -0.15) is 0 Å². The summed E-state index contributed by atoms with van der Waals surface area (Å²) in [5.41, 5.74) is 7.93. The normalized spacial score (nSPS) is 10.8. The summed E-state index contributed by atoms with van der Waals surface area (Å²) in [6.07, 6.45) is 0. The van der Waals surface area contributed by atoms with Gasteiger partial charge in [0.1, 0.15) is 5.69 Å². The van der Waals surface area contributed by atoms with E-state index < -0.39 is 0 Å². The fourth-order valence-corrected chi connectivity index (χ4v) is 5.02. The second kappa shape index (κ2) is 10.6. The molecule has 0 amide bonds. The molecular formula is C35H27N3O. The molecule has 6 aromatic carbocycles. The molecule has 0 heterocycles. The first kappa shape index (κ1) is 24.1. The Labute approximate surface area is 228 Å². The third kappa shape index (κ3) is 4.88. The van der Waals surface area contributed by atoms with Gasteiger partial charge in [-0.15, -0.1) is 4.91 Å². The van der Waals surface area contributed by atoms with Gasteiger partial charge >= 0.3 is 0 Å². The van der Waals surface area contributed by atoms with Gasteiger partial charge in [-0.3, -0.25) is 0 Å². The maximum absolute atomic E-state index is 11.0. The maximum atomic E-state index is 11.0. The molecule has 0 radical (unpaired) electrons. The second-order valence-corrected chi connectivity index (χ2v) is 9.44. The van der Waals surface area contributed by atoms with E-state index in [2.05, 4.69) is 130 Å². The highest BCUT2D eigenvalue weighted by Gasteiger charge is 2.16. The molecule has 6 aromatic rings. The zero-order valence-corrected chi connectivity index (χ0v) is 21.6. The lowest BCUT2D eigenvalue weighted by Gasteiger charge is -2.28. The smallest absolute Gasteiger partial charge is 0.110 e. The summed E-state index contributed by atoms with van der Waals surface area (Å²) in [6, 6.07) is 49.9. The molecule has 0 aliphatic heterocycles. The molecule has 0 bridgehead atoms. The Balaban J connectivity index is 1.46. The second-order valence-electron chi connectivity index (χ2n) is 9.44. The van der Waals surface area contributed by atoms with E-state index in [1.54, 1.807) is 12.1 Å². The topological polar surface area (TPSA) is 35.9 Å². The van der Waals surface area contributed by atoms with E-state index in [0.29, 0.717) is 5.69 Å². The van der Waals surface area contributed by atoms with Crippen LogP contribution in [-0.4, -0.2) is 7.05 Å². The van der Waals surface area contributed by atoms with Gasteiger partial charge in [-0.05, 0) is 82.4 Å². The van der Waals surface area contributed by atoms with Crippen LogP contribution in [-0.2, 0) is 0 Å². The van der Waals surface area contributed by atoms with Crippen LogP contribution >= 0.6 is 0 Å². The minimum absolute atomic E-state index is 0.413.